The number of alkyl halides is 3. The number of ether oxygens (including phenoxy) is 1. The van der Waals surface area contributed by atoms with Crippen LogP contribution in [0.5, 0.6) is 0 Å². The summed E-state index contributed by atoms with van der Waals surface area (Å²) in [5.41, 5.74) is 5.63. The van der Waals surface area contributed by atoms with Crippen molar-refractivity contribution in [2.24, 2.45) is 5.73 Å². The Hall–Kier alpha value is -3.71. The number of hydrogen-bond donors (Lipinski definition) is 11. The van der Waals surface area contributed by atoms with E-state index in [1.807, 2.05) is 0 Å². The number of phosphoric ester groups is 3. The number of aromatic nitrogens is 4. The van der Waals surface area contributed by atoms with Crippen LogP contribution in [-0.4, -0.2) is 158 Å². The number of carboxylic acid groups (broad SMARTS) is 1. The van der Waals surface area contributed by atoms with Crippen molar-refractivity contribution in [2.75, 3.05) is 37.8 Å². The first-order valence-electron chi connectivity index (χ1n) is 17.6. The highest BCUT2D eigenvalue weighted by Gasteiger charge is 2.50. The van der Waals surface area contributed by atoms with Crippen LogP contribution in [0.15, 0.2) is 18.9 Å². The molecule has 2 aromatic rings. The van der Waals surface area contributed by atoms with Crippen molar-refractivity contribution in [1.82, 2.24) is 35.5 Å². The maximum atomic E-state index is 12.5. The van der Waals surface area contributed by atoms with Gasteiger partial charge in [-0.1, -0.05) is 0 Å². The molecule has 0 aliphatic carbocycles. The third-order valence-electron chi connectivity index (χ3n) is 7.62. The number of nitrogens with two attached hydrogens (primary N) is 1. The summed E-state index contributed by atoms with van der Waals surface area (Å²) in [6.45, 7) is -0.282. The molecule has 1 fully saturated rings. The van der Waals surface area contributed by atoms with E-state index in [-0.39, 0.29) is 41.0 Å². The third-order valence-corrected chi connectivity index (χ3v) is 11.7. The second-order valence-electron chi connectivity index (χ2n) is 12.6. The maximum Gasteiger partial charge on any atom is 0.490 e. The molecule has 3 heterocycles. The van der Waals surface area contributed by atoms with Crippen LogP contribution in [0, 0.1) is 0 Å². The smallest absolute Gasteiger partial charge is 0.475 e. The summed E-state index contributed by atoms with van der Waals surface area (Å²) in [7, 11) is -16.2. The Kier molecular flexibility index (Phi) is 22.1. The second-order valence-corrected chi connectivity index (χ2v) is 17.9. The Morgan fingerprint density at radius 1 is 1.02 bits per heavy atom. The number of carbonyl (C=O) groups is 5. The maximum absolute atomic E-state index is 12.5. The van der Waals surface area contributed by atoms with E-state index in [0.717, 1.165) is 6.33 Å². The molecule has 28 nitrogen and oxygen atoms in total. The molecule has 0 bridgehead atoms. The average molecular weight is 995 g/mol. The predicted octanol–water partition coefficient (Wildman–Crippen LogP) is -1.68. The SMILES string of the molecule is CC(=O)N[C@@H](CCCCNC(=O)CSCCNC(=O)[C@H](O)CCOP(=O)(O)OP(=O)(O)OC[C@H]1O[C@@H](n2cnc3cncnc32)[C@H](O)[C@@H]1OP(=O)(O)O)C(N)=O.O=C(O)C(F)(F)F. The van der Waals surface area contributed by atoms with Gasteiger partial charge in [0.15, 0.2) is 11.9 Å². The fraction of sp³-hybridized carbons (Fsp3) is 0.643. The fourth-order valence-corrected chi connectivity index (χ4v) is 8.26. The number of amides is 4. The summed E-state index contributed by atoms with van der Waals surface area (Å²) in [5, 5.41) is 35.5. The summed E-state index contributed by atoms with van der Waals surface area (Å²) in [5.74, 6) is -4.64. The number of aliphatic hydroxyl groups is 2. The number of imidazole rings is 1. The lowest BCUT2D eigenvalue weighted by molar-refractivity contribution is -0.192. The molecule has 0 spiro atoms. The minimum absolute atomic E-state index is 0.0365. The zero-order valence-electron chi connectivity index (χ0n) is 32.5. The molecule has 1 aliphatic heterocycles. The first kappa shape index (κ1) is 55.4. The molecule has 2 unspecified atom stereocenters. The molecule has 1 aliphatic rings. The number of primary amides is 1. The van der Waals surface area contributed by atoms with E-state index in [1.165, 1.54) is 35.8 Å². The van der Waals surface area contributed by atoms with Crippen LogP contribution < -0.4 is 21.7 Å². The lowest BCUT2D eigenvalue weighted by Gasteiger charge is -2.22. The molecule has 0 saturated carbocycles. The number of thioether (sulfide) groups is 1. The largest absolute Gasteiger partial charge is 0.490 e. The van der Waals surface area contributed by atoms with Gasteiger partial charge in [0.2, 0.25) is 23.6 Å². The molecule has 12 N–H and O–H groups in total. The zero-order valence-corrected chi connectivity index (χ0v) is 36.0. The second kappa shape index (κ2) is 25.1. The van der Waals surface area contributed by atoms with Gasteiger partial charge in [-0.2, -0.15) is 29.2 Å². The minimum Gasteiger partial charge on any atom is -0.475 e. The first-order valence-corrected chi connectivity index (χ1v) is 23.3. The highest BCUT2D eigenvalue weighted by atomic mass is 32.2. The first-order chi connectivity index (χ1) is 29.1. The van der Waals surface area contributed by atoms with E-state index < -0.39 is 104 Å². The number of unbranched alkanes of at least 4 members (excludes halogenated alkanes) is 1. The van der Waals surface area contributed by atoms with Gasteiger partial charge in [0, 0.05) is 32.2 Å². The van der Waals surface area contributed by atoms with Gasteiger partial charge >= 0.3 is 35.6 Å². The standard InChI is InChI=1S/C26H43N8O18P3S.C2HF3O2/c1-15(35)33-16(23(27)39)4-2-3-6-29-20(37)12-56-9-7-30-25(40)18(36)5-8-48-54(44,45)52-55(46,47)49-11-19-22(51-53(41,42)43)21(38)26(50-19)34-14-32-17-10-28-13-31-24(17)34;3-2(4,5)1(6)7/h10,13-14,16,18-19,21-22,26,36,38H,2-9,11-12H2,1H3,(H2,27,39)(H,29,37)(H,30,40)(H,33,35)(H,44,45)(H,46,47)(H2,41,42,43);(H,6,7)/t16-,18+,19+,21+,22+,26+;/m0./s1. The summed E-state index contributed by atoms with van der Waals surface area (Å²) in [6, 6.07) is -0.791. The average Bonchev–Trinajstić information content (AvgIpc) is 3.71. The number of halogens is 3. The summed E-state index contributed by atoms with van der Waals surface area (Å²) >= 11 is 1.17. The van der Waals surface area contributed by atoms with E-state index >= 15 is 0 Å². The number of carbonyl (C=O) groups excluding carboxylic acids is 4. The Labute approximate surface area is 357 Å². The van der Waals surface area contributed by atoms with Gasteiger partial charge in [-0.15, -0.1) is 0 Å². The lowest BCUT2D eigenvalue weighted by atomic mass is 10.1. The van der Waals surface area contributed by atoms with Crippen LogP contribution in [0.25, 0.3) is 11.2 Å². The topological polar surface area (TPSA) is 430 Å². The van der Waals surface area contributed by atoms with Gasteiger partial charge in [0.1, 0.15) is 42.3 Å². The van der Waals surface area contributed by atoms with Gasteiger partial charge in [0.05, 0.1) is 31.5 Å². The van der Waals surface area contributed by atoms with Crippen LogP contribution in [0.3, 0.4) is 0 Å². The number of rotatable bonds is 25. The van der Waals surface area contributed by atoms with Crippen molar-refractivity contribution in [3.8, 4) is 0 Å². The molecule has 0 aromatic carbocycles. The van der Waals surface area contributed by atoms with Gasteiger partial charge < -0.3 is 61.3 Å². The Balaban J connectivity index is 0.00000179. The number of nitrogens with zero attached hydrogens (tertiary/aromatic N) is 4. The van der Waals surface area contributed by atoms with Gasteiger partial charge in [0.25, 0.3) is 0 Å². The number of nitrogens with one attached hydrogen (secondary N) is 3. The number of phosphoric acid groups is 3. The molecule has 4 amide bonds. The summed E-state index contributed by atoms with van der Waals surface area (Å²) < 4.78 is 93.0. The van der Waals surface area contributed by atoms with Crippen LogP contribution in [0.1, 0.15) is 38.8 Å². The number of aliphatic carboxylic acids is 1. The van der Waals surface area contributed by atoms with E-state index in [4.69, 9.17) is 20.4 Å². The van der Waals surface area contributed by atoms with E-state index in [9.17, 15) is 75.8 Å². The lowest BCUT2D eigenvalue weighted by Crippen LogP contribution is -2.43. The van der Waals surface area contributed by atoms with Crippen molar-refractivity contribution in [2.45, 2.75) is 75.5 Å². The quantitative estimate of drug-likeness (QED) is 0.0391. The van der Waals surface area contributed by atoms with Crippen LogP contribution >= 0.6 is 35.2 Å². The molecule has 1 saturated heterocycles. The molecule has 35 heteroatoms. The Bertz CT molecular complexity index is 2020. The Morgan fingerprint density at radius 2 is 1.67 bits per heavy atom. The highest BCUT2D eigenvalue weighted by molar-refractivity contribution is 7.99. The molecule has 358 valence electrons. The molecule has 63 heavy (non-hydrogen) atoms. The number of fused-ring (bicyclic) bond motifs is 1. The van der Waals surface area contributed by atoms with Gasteiger partial charge in [-0.05, 0) is 19.3 Å². The molecular weight excluding hydrogens is 950 g/mol. The molecular formula is C28H44F3N8O20P3S. The summed E-state index contributed by atoms with van der Waals surface area (Å²) in [4.78, 5) is 106. The molecule has 0 radical (unpaired) electrons. The number of aliphatic hydroxyl groups excluding tert-OH is 2. The van der Waals surface area contributed by atoms with E-state index in [1.54, 1.807) is 0 Å². The minimum atomic E-state index is -5.51. The predicted molar refractivity (Wildman–Crippen MR) is 203 cm³/mol. The molecule has 8 atom stereocenters. The highest BCUT2D eigenvalue weighted by Crippen LogP contribution is 2.60. The molecule has 2 aromatic heterocycles. The van der Waals surface area contributed by atoms with E-state index in [2.05, 4.69) is 48.8 Å². The van der Waals surface area contributed by atoms with Crippen molar-refractivity contribution < 1.29 is 108 Å². The van der Waals surface area contributed by atoms with Crippen molar-refractivity contribution in [3.05, 3.63) is 18.9 Å². The van der Waals surface area contributed by atoms with Crippen LogP contribution in [-0.2, 0) is 60.3 Å². The third kappa shape index (κ3) is 20.8. The molecule has 3 rings (SSSR count). The summed E-state index contributed by atoms with van der Waals surface area (Å²) in [6.07, 6.45) is -9.21. The Morgan fingerprint density at radius 3 is 2.27 bits per heavy atom. The van der Waals surface area contributed by atoms with Gasteiger partial charge in [-0.25, -0.2) is 33.4 Å². The van der Waals surface area contributed by atoms with Crippen molar-refractivity contribution in [3.63, 3.8) is 0 Å². The monoisotopic (exact) mass is 994 g/mol. The zero-order chi connectivity index (χ0) is 47.8. The van der Waals surface area contributed by atoms with Crippen LogP contribution in [0.2, 0.25) is 0 Å². The normalized spacial score (nSPS) is 20.6. The van der Waals surface area contributed by atoms with Crippen molar-refractivity contribution in [1.29, 1.82) is 0 Å². The van der Waals surface area contributed by atoms with E-state index in [0.29, 0.717) is 25.8 Å². The van der Waals surface area contributed by atoms with Crippen molar-refractivity contribution >= 4 is 76.0 Å². The van der Waals surface area contributed by atoms with Gasteiger partial charge in [-0.3, -0.25) is 37.3 Å². The fourth-order valence-electron chi connectivity index (χ4n) is 4.91. The number of carboxylic acids is 1. The van der Waals surface area contributed by atoms with Crippen LogP contribution in [0.4, 0.5) is 13.2 Å². The number of hydrogen-bond acceptors (Lipinski definition) is 19.